The minimum Gasteiger partial charge on any atom is -0.489 e. The maximum atomic E-state index is 10.6. The smallest absolute Gasteiger partial charge is 0.123 e. The van der Waals surface area contributed by atoms with E-state index in [9.17, 15) is 20.4 Å². The van der Waals surface area contributed by atoms with Crippen molar-refractivity contribution in [2.24, 2.45) is 5.92 Å². The Morgan fingerprint density at radius 2 is 1.62 bits per heavy atom. The van der Waals surface area contributed by atoms with Gasteiger partial charge in [0, 0.05) is 0 Å². The van der Waals surface area contributed by atoms with E-state index in [2.05, 4.69) is 0 Å². The lowest BCUT2D eigenvalue weighted by atomic mass is 9.83. The molecule has 6 nitrogen and oxygen atoms in total. The molecule has 0 radical (unpaired) electrons. The van der Waals surface area contributed by atoms with Crippen molar-refractivity contribution in [3.05, 3.63) is 65.2 Å². The fraction of sp³-hybridized carbons (Fsp3) is 0.538. The van der Waals surface area contributed by atoms with E-state index in [0.717, 1.165) is 23.3 Å². The van der Waals surface area contributed by atoms with Gasteiger partial charge in [-0.3, -0.25) is 0 Å². The number of aliphatic hydroxyl groups is 4. The van der Waals surface area contributed by atoms with Crippen molar-refractivity contribution in [3.8, 4) is 5.75 Å². The number of ether oxygens (including phenoxy) is 2. The summed E-state index contributed by atoms with van der Waals surface area (Å²) < 4.78 is 12.0. The van der Waals surface area contributed by atoms with Crippen LogP contribution in [0.15, 0.2) is 48.5 Å². The molecule has 0 spiro atoms. The van der Waals surface area contributed by atoms with E-state index in [4.69, 9.17) is 9.47 Å². The topological polar surface area (TPSA) is 99.4 Å². The van der Waals surface area contributed by atoms with Gasteiger partial charge >= 0.3 is 0 Å². The Balaban J connectivity index is 1.58. The monoisotopic (exact) mass is 442 g/mol. The highest BCUT2D eigenvalue weighted by molar-refractivity contribution is 5.39. The van der Waals surface area contributed by atoms with E-state index < -0.39 is 37.1 Å². The van der Waals surface area contributed by atoms with E-state index in [1.807, 2.05) is 48.5 Å². The number of hydrogen-bond donors (Lipinski definition) is 4. The van der Waals surface area contributed by atoms with E-state index >= 15 is 0 Å². The van der Waals surface area contributed by atoms with Gasteiger partial charge in [-0.1, -0.05) is 68.5 Å². The first kappa shape index (κ1) is 23.2. The molecule has 32 heavy (non-hydrogen) atoms. The summed E-state index contributed by atoms with van der Waals surface area (Å²) in [6.45, 7) is 0.0343. The van der Waals surface area contributed by atoms with Gasteiger partial charge in [-0.15, -0.1) is 0 Å². The summed E-state index contributed by atoms with van der Waals surface area (Å²) in [6.07, 6.45) is 1.27. The molecule has 2 aliphatic rings. The molecule has 1 saturated carbocycles. The first-order valence-electron chi connectivity index (χ1n) is 11.7. The summed E-state index contributed by atoms with van der Waals surface area (Å²) in [5, 5.41) is 40.4. The van der Waals surface area contributed by atoms with E-state index in [1.165, 1.54) is 32.1 Å². The normalized spacial score (nSPS) is 29.1. The highest BCUT2D eigenvalue weighted by atomic mass is 16.5. The minimum absolute atomic E-state index is 0.436. The molecule has 0 aromatic heterocycles. The standard InChI is InChI=1S/C26H34O6/c27-15-22-23(28)24(29)25(30)26(32-22)19-11-12-21(31-16-18-9-5-2-6-10-18)20(14-19)13-17-7-3-1-4-8-17/h2,5-6,9-12,14,17,22-30H,1,3-4,7-8,13,15-16H2/t22-,23-,24+,25-,26+/m1/s1. The Labute approximate surface area is 189 Å². The van der Waals surface area contributed by atoms with E-state index in [-0.39, 0.29) is 0 Å². The molecule has 1 saturated heterocycles. The van der Waals surface area contributed by atoms with Crippen molar-refractivity contribution in [2.45, 2.75) is 75.7 Å². The van der Waals surface area contributed by atoms with Crippen LogP contribution in [0.1, 0.15) is 54.9 Å². The Hall–Kier alpha value is -1.96. The lowest BCUT2D eigenvalue weighted by Crippen LogP contribution is -2.55. The third kappa shape index (κ3) is 5.33. The number of hydrogen-bond acceptors (Lipinski definition) is 6. The molecule has 4 rings (SSSR count). The molecular weight excluding hydrogens is 408 g/mol. The summed E-state index contributed by atoms with van der Waals surface area (Å²) in [5.74, 6) is 1.40. The van der Waals surface area contributed by atoms with Gasteiger partial charge in [0.2, 0.25) is 0 Å². The molecule has 6 heteroatoms. The van der Waals surface area contributed by atoms with Gasteiger partial charge in [-0.05, 0) is 41.2 Å². The van der Waals surface area contributed by atoms with E-state index in [1.54, 1.807) is 0 Å². The highest BCUT2D eigenvalue weighted by Crippen LogP contribution is 2.36. The summed E-state index contributed by atoms with van der Waals surface area (Å²) in [6, 6.07) is 15.7. The molecule has 174 valence electrons. The molecule has 0 amide bonds. The fourth-order valence-corrected chi connectivity index (χ4v) is 4.89. The molecule has 1 aliphatic heterocycles. The summed E-state index contributed by atoms with van der Waals surface area (Å²) in [5.41, 5.74) is 2.86. The van der Waals surface area contributed by atoms with Gasteiger partial charge < -0.3 is 29.9 Å². The third-order valence-electron chi connectivity index (χ3n) is 6.78. The van der Waals surface area contributed by atoms with Gasteiger partial charge in [0.1, 0.15) is 42.9 Å². The number of rotatable bonds is 7. The van der Waals surface area contributed by atoms with Gasteiger partial charge in [0.15, 0.2) is 0 Å². The van der Waals surface area contributed by atoms with Gasteiger partial charge in [0.05, 0.1) is 6.61 Å². The van der Waals surface area contributed by atoms with Crippen LogP contribution in [0.25, 0.3) is 0 Å². The molecule has 2 fully saturated rings. The van der Waals surface area contributed by atoms with Crippen LogP contribution in [0.2, 0.25) is 0 Å². The molecule has 2 aromatic rings. The quantitative estimate of drug-likeness (QED) is 0.526. The third-order valence-corrected chi connectivity index (χ3v) is 6.78. The zero-order valence-electron chi connectivity index (χ0n) is 18.3. The summed E-state index contributed by atoms with van der Waals surface area (Å²) >= 11 is 0. The second-order valence-electron chi connectivity index (χ2n) is 9.10. The van der Waals surface area contributed by atoms with Crippen molar-refractivity contribution in [2.75, 3.05) is 6.61 Å². The minimum atomic E-state index is -1.39. The molecule has 1 heterocycles. The van der Waals surface area contributed by atoms with E-state index in [0.29, 0.717) is 18.1 Å². The van der Waals surface area contributed by atoms with Crippen molar-refractivity contribution < 1.29 is 29.9 Å². The van der Waals surface area contributed by atoms with Crippen LogP contribution in [0.5, 0.6) is 5.75 Å². The van der Waals surface area contributed by atoms with Crippen LogP contribution < -0.4 is 4.74 Å². The van der Waals surface area contributed by atoms with Crippen LogP contribution in [-0.4, -0.2) is 51.4 Å². The van der Waals surface area contributed by atoms with Crippen molar-refractivity contribution >= 4 is 0 Å². The van der Waals surface area contributed by atoms with Gasteiger partial charge in [-0.2, -0.15) is 0 Å². The maximum absolute atomic E-state index is 10.6. The molecule has 2 aromatic carbocycles. The second-order valence-corrected chi connectivity index (χ2v) is 9.10. The second kappa shape index (κ2) is 10.8. The molecule has 5 atom stereocenters. The molecule has 0 unspecified atom stereocenters. The predicted octanol–water partition coefficient (Wildman–Crippen LogP) is 2.90. The Morgan fingerprint density at radius 1 is 0.875 bits per heavy atom. The van der Waals surface area contributed by atoms with Crippen molar-refractivity contribution in [1.82, 2.24) is 0 Å². The Kier molecular flexibility index (Phi) is 7.81. The van der Waals surface area contributed by atoms with Crippen molar-refractivity contribution in [1.29, 1.82) is 0 Å². The van der Waals surface area contributed by atoms with Crippen LogP contribution in [0.3, 0.4) is 0 Å². The molecule has 4 N–H and O–H groups in total. The van der Waals surface area contributed by atoms with Crippen LogP contribution in [-0.2, 0) is 17.8 Å². The largest absolute Gasteiger partial charge is 0.489 e. The summed E-state index contributed by atoms with van der Waals surface area (Å²) in [7, 11) is 0. The van der Waals surface area contributed by atoms with Gasteiger partial charge in [-0.25, -0.2) is 0 Å². The number of benzene rings is 2. The zero-order valence-corrected chi connectivity index (χ0v) is 18.3. The average Bonchev–Trinajstić information content (AvgIpc) is 2.83. The van der Waals surface area contributed by atoms with Crippen LogP contribution in [0, 0.1) is 5.92 Å². The molecule has 1 aliphatic carbocycles. The van der Waals surface area contributed by atoms with Gasteiger partial charge in [0.25, 0.3) is 0 Å². The Morgan fingerprint density at radius 3 is 2.34 bits per heavy atom. The molecule has 0 bridgehead atoms. The lowest BCUT2D eigenvalue weighted by Gasteiger charge is -2.40. The molecular formula is C26H34O6. The Bertz CT molecular complexity index is 849. The first-order valence-corrected chi connectivity index (χ1v) is 11.7. The average molecular weight is 443 g/mol. The first-order chi connectivity index (χ1) is 15.6. The predicted molar refractivity (Wildman–Crippen MR) is 120 cm³/mol. The van der Waals surface area contributed by atoms with Crippen LogP contribution >= 0.6 is 0 Å². The highest BCUT2D eigenvalue weighted by Gasteiger charge is 2.44. The lowest BCUT2D eigenvalue weighted by molar-refractivity contribution is -0.231. The fourth-order valence-electron chi connectivity index (χ4n) is 4.89. The SMILES string of the molecule is OC[C@H]1O[C@@H](c2ccc(OCc3ccccc3)c(CC3CCCCC3)c2)[C@H](O)[C@@H](O)[C@@H]1O. The zero-order chi connectivity index (χ0) is 22.5. The van der Waals surface area contributed by atoms with Crippen LogP contribution in [0.4, 0.5) is 0 Å². The number of aliphatic hydroxyl groups excluding tert-OH is 4. The van der Waals surface area contributed by atoms with Crippen molar-refractivity contribution in [3.63, 3.8) is 0 Å². The maximum Gasteiger partial charge on any atom is 0.123 e. The summed E-state index contributed by atoms with van der Waals surface area (Å²) in [4.78, 5) is 0.